The predicted octanol–water partition coefficient (Wildman–Crippen LogP) is 2.43. The van der Waals surface area contributed by atoms with E-state index in [4.69, 9.17) is 5.73 Å². The quantitative estimate of drug-likeness (QED) is 0.920. The van der Waals surface area contributed by atoms with Crippen LogP contribution in [0.2, 0.25) is 0 Å². The number of nitrogens with zero attached hydrogens (tertiary/aromatic N) is 2. The van der Waals surface area contributed by atoms with Crippen molar-refractivity contribution in [3.8, 4) is 0 Å². The Balaban J connectivity index is 2.41. The lowest BCUT2D eigenvalue weighted by atomic mass is 10.0. The summed E-state index contributed by atoms with van der Waals surface area (Å²) in [4.78, 5) is 7.80. The van der Waals surface area contributed by atoms with Gasteiger partial charge in [0.15, 0.2) is 0 Å². The molecule has 16 heavy (non-hydrogen) atoms. The molecule has 0 aliphatic heterocycles. The van der Waals surface area contributed by atoms with Crippen molar-refractivity contribution in [2.45, 2.75) is 6.04 Å². The van der Waals surface area contributed by atoms with Gasteiger partial charge in [0.1, 0.15) is 12.1 Å². The Morgan fingerprint density at radius 3 is 2.81 bits per heavy atom. The summed E-state index contributed by atoms with van der Waals surface area (Å²) in [6, 6.07) is 5.75. The Morgan fingerprint density at radius 1 is 1.31 bits per heavy atom. The minimum absolute atomic E-state index is 0.339. The van der Waals surface area contributed by atoms with Crippen LogP contribution >= 0.6 is 15.9 Å². The summed E-state index contributed by atoms with van der Waals surface area (Å²) in [6.07, 6.45) is 2.98. The molecular formula is C11H9BrFN3. The van der Waals surface area contributed by atoms with Gasteiger partial charge in [-0.3, -0.25) is 0 Å². The van der Waals surface area contributed by atoms with Crippen LogP contribution in [0.15, 0.2) is 41.3 Å². The summed E-state index contributed by atoms with van der Waals surface area (Å²) >= 11 is 3.28. The molecule has 5 heteroatoms. The summed E-state index contributed by atoms with van der Waals surface area (Å²) in [5.74, 6) is -0.339. The van der Waals surface area contributed by atoms with Crippen molar-refractivity contribution < 1.29 is 4.39 Å². The molecule has 0 saturated heterocycles. The maximum atomic E-state index is 13.6. The van der Waals surface area contributed by atoms with E-state index < -0.39 is 6.04 Å². The Bertz CT molecular complexity index is 490. The minimum Gasteiger partial charge on any atom is -0.319 e. The number of hydrogen-bond donors (Lipinski definition) is 1. The monoisotopic (exact) mass is 281 g/mol. The molecule has 0 fully saturated rings. The molecule has 1 heterocycles. The average molecular weight is 282 g/mol. The summed E-state index contributed by atoms with van der Waals surface area (Å²) in [5, 5.41) is 0. The highest BCUT2D eigenvalue weighted by Gasteiger charge is 2.14. The van der Waals surface area contributed by atoms with Crippen LogP contribution in [0.1, 0.15) is 17.3 Å². The highest BCUT2D eigenvalue weighted by Crippen LogP contribution is 2.23. The molecular weight excluding hydrogens is 273 g/mol. The van der Waals surface area contributed by atoms with Crippen LogP contribution in [0, 0.1) is 5.82 Å². The van der Waals surface area contributed by atoms with E-state index in [-0.39, 0.29) is 5.82 Å². The molecule has 0 aliphatic carbocycles. The van der Waals surface area contributed by atoms with E-state index in [9.17, 15) is 4.39 Å². The number of halogens is 2. The van der Waals surface area contributed by atoms with E-state index in [1.807, 2.05) is 0 Å². The third-order valence-electron chi connectivity index (χ3n) is 2.22. The molecule has 2 N–H and O–H groups in total. The molecule has 3 nitrogen and oxygen atoms in total. The van der Waals surface area contributed by atoms with Crippen LogP contribution in [-0.4, -0.2) is 9.97 Å². The fraction of sp³-hybridized carbons (Fsp3) is 0.0909. The Morgan fingerprint density at radius 2 is 2.12 bits per heavy atom. The second-order valence-corrected chi connectivity index (χ2v) is 4.19. The van der Waals surface area contributed by atoms with Crippen molar-refractivity contribution in [2.75, 3.05) is 0 Å². The van der Waals surface area contributed by atoms with Crippen LogP contribution in [0.25, 0.3) is 0 Å². The fourth-order valence-electron chi connectivity index (χ4n) is 1.40. The summed E-state index contributed by atoms with van der Waals surface area (Å²) in [5.41, 5.74) is 6.93. The number of rotatable bonds is 2. The molecule has 0 saturated carbocycles. The summed E-state index contributed by atoms with van der Waals surface area (Å²) in [7, 11) is 0. The SMILES string of the molecule is NC(c1ccncn1)c1cc(Br)ccc1F. The number of aromatic nitrogens is 2. The van der Waals surface area contributed by atoms with Crippen LogP contribution < -0.4 is 5.73 Å². The van der Waals surface area contributed by atoms with Gasteiger partial charge in [-0.15, -0.1) is 0 Å². The average Bonchev–Trinajstić information content (AvgIpc) is 2.32. The maximum absolute atomic E-state index is 13.6. The van der Waals surface area contributed by atoms with Crippen LogP contribution in [-0.2, 0) is 0 Å². The van der Waals surface area contributed by atoms with Gasteiger partial charge >= 0.3 is 0 Å². The summed E-state index contributed by atoms with van der Waals surface area (Å²) < 4.78 is 14.3. The second-order valence-electron chi connectivity index (χ2n) is 3.28. The predicted molar refractivity (Wildman–Crippen MR) is 62.2 cm³/mol. The maximum Gasteiger partial charge on any atom is 0.128 e. The first-order valence-electron chi connectivity index (χ1n) is 4.65. The van der Waals surface area contributed by atoms with Crippen molar-refractivity contribution in [3.63, 3.8) is 0 Å². The first-order chi connectivity index (χ1) is 7.68. The normalized spacial score (nSPS) is 12.4. The van der Waals surface area contributed by atoms with E-state index >= 15 is 0 Å². The van der Waals surface area contributed by atoms with Crippen molar-refractivity contribution in [2.24, 2.45) is 5.73 Å². The van der Waals surface area contributed by atoms with Gasteiger partial charge in [-0.2, -0.15) is 0 Å². The third kappa shape index (κ3) is 2.25. The third-order valence-corrected chi connectivity index (χ3v) is 2.71. The van der Waals surface area contributed by atoms with E-state index in [1.54, 1.807) is 24.4 Å². The molecule has 0 amide bonds. The molecule has 0 bridgehead atoms. The van der Waals surface area contributed by atoms with E-state index in [0.717, 1.165) is 4.47 Å². The zero-order chi connectivity index (χ0) is 11.5. The topological polar surface area (TPSA) is 51.8 Å². The van der Waals surface area contributed by atoms with E-state index in [2.05, 4.69) is 25.9 Å². The molecule has 0 spiro atoms. The summed E-state index contributed by atoms with van der Waals surface area (Å²) in [6.45, 7) is 0. The van der Waals surface area contributed by atoms with Crippen LogP contribution in [0.4, 0.5) is 4.39 Å². The van der Waals surface area contributed by atoms with E-state index in [0.29, 0.717) is 11.3 Å². The molecule has 0 aliphatic rings. The van der Waals surface area contributed by atoms with Crippen LogP contribution in [0.5, 0.6) is 0 Å². The van der Waals surface area contributed by atoms with Gasteiger partial charge in [-0.25, -0.2) is 14.4 Å². The van der Waals surface area contributed by atoms with Gasteiger partial charge in [-0.1, -0.05) is 15.9 Å². The molecule has 1 atom stereocenters. The Kier molecular flexibility index (Phi) is 3.26. The van der Waals surface area contributed by atoms with Crippen molar-refractivity contribution in [1.82, 2.24) is 9.97 Å². The zero-order valence-electron chi connectivity index (χ0n) is 8.27. The molecule has 1 aromatic carbocycles. The first kappa shape index (κ1) is 11.2. The van der Waals surface area contributed by atoms with Crippen molar-refractivity contribution in [3.05, 3.63) is 58.3 Å². The van der Waals surface area contributed by atoms with Crippen LogP contribution in [0.3, 0.4) is 0 Å². The molecule has 2 rings (SSSR count). The van der Waals surface area contributed by atoms with Gasteiger partial charge in [-0.05, 0) is 24.3 Å². The highest BCUT2D eigenvalue weighted by atomic mass is 79.9. The molecule has 2 aromatic rings. The van der Waals surface area contributed by atoms with Gasteiger partial charge in [0.2, 0.25) is 0 Å². The van der Waals surface area contributed by atoms with Crippen molar-refractivity contribution >= 4 is 15.9 Å². The minimum atomic E-state index is -0.583. The lowest BCUT2D eigenvalue weighted by molar-refractivity contribution is 0.596. The Hall–Kier alpha value is -1.33. The second kappa shape index (κ2) is 4.67. The zero-order valence-corrected chi connectivity index (χ0v) is 9.86. The molecule has 1 aromatic heterocycles. The number of hydrogen-bond acceptors (Lipinski definition) is 3. The fourth-order valence-corrected chi connectivity index (χ4v) is 1.78. The first-order valence-corrected chi connectivity index (χ1v) is 5.44. The van der Waals surface area contributed by atoms with Gasteiger partial charge in [0, 0.05) is 16.2 Å². The lowest BCUT2D eigenvalue weighted by Crippen LogP contribution is -2.15. The van der Waals surface area contributed by atoms with Crippen molar-refractivity contribution in [1.29, 1.82) is 0 Å². The van der Waals surface area contributed by atoms with Gasteiger partial charge in [0.25, 0.3) is 0 Å². The number of benzene rings is 1. The Labute approximate surface area is 101 Å². The van der Waals surface area contributed by atoms with E-state index in [1.165, 1.54) is 12.4 Å². The molecule has 82 valence electrons. The molecule has 0 radical (unpaired) electrons. The highest BCUT2D eigenvalue weighted by molar-refractivity contribution is 9.10. The standard InChI is InChI=1S/C11H9BrFN3/c12-7-1-2-9(13)8(5-7)11(14)10-3-4-15-6-16-10/h1-6,11H,14H2. The molecule has 1 unspecified atom stereocenters. The lowest BCUT2D eigenvalue weighted by Gasteiger charge is -2.12. The van der Waals surface area contributed by atoms with Gasteiger partial charge in [0.05, 0.1) is 11.7 Å². The smallest absolute Gasteiger partial charge is 0.128 e. The largest absolute Gasteiger partial charge is 0.319 e. The number of nitrogens with two attached hydrogens (primary N) is 1. The van der Waals surface area contributed by atoms with Gasteiger partial charge < -0.3 is 5.73 Å².